The molecule has 0 aliphatic heterocycles. The van der Waals surface area contributed by atoms with Crippen molar-refractivity contribution in [3.8, 4) is 6.07 Å². The number of imidazole rings is 1. The highest BCUT2D eigenvalue weighted by atomic mass is 15.1. The standard InChI is InChI=1S/C9H11N3/c10-7-9-11-5-6-12(9)8-3-1-2-4-8/h5-6,8H,1-4H2. The lowest BCUT2D eigenvalue weighted by atomic mass is 10.2. The van der Waals surface area contributed by atoms with Crippen molar-refractivity contribution in [3.63, 3.8) is 0 Å². The van der Waals surface area contributed by atoms with Gasteiger partial charge in [0.2, 0.25) is 5.82 Å². The Balaban J connectivity index is 2.27. The number of hydrogen-bond acceptors (Lipinski definition) is 2. The van der Waals surface area contributed by atoms with Crippen LogP contribution in [0.1, 0.15) is 37.5 Å². The van der Waals surface area contributed by atoms with Gasteiger partial charge in [0.25, 0.3) is 0 Å². The van der Waals surface area contributed by atoms with Crippen LogP contribution in [0.5, 0.6) is 0 Å². The van der Waals surface area contributed by atoms with E-state index in [0.717, 1.165) is 0 Å². The summed E-state index contributed by atoms with van der Waals surface area (Å²) in [5.41, 5.74) is 0. The van der Waals surface area contributed by atoms with Crippen molar-refractivity contribution in [1.29, 1.82) is 5.26 Å². The normalized spacial score (nSPS) is 17.9. The Labute approximate surface area is 71.6 Å². The van der Waals surface area contributed by atoms with Gasteiger partial charge >= 0.3 is 0 Å². The first kappa shape index (κ1) is 7.35. The van der Waals surface area contributed by atoms with Crippen LogP contribution in [0, 0.1) is 11.3 Å². The Morgan fingerprint density at radius 3 is 2.92 bits per heavy atom. The molecule has 1 aliphatic carbocycles. The monoisotopic (exact) mass is 161 g/mol. The van der Waals surface area contributed by atoms with Gasteiger partial charge in [-0.15, -0.1) is 0 Å². The van der Waals surface area contributed by atoms with E-state index in [1.807, 2.05) is 10.8 Å². The SMILES string of the molecule is N#Cc1nccn1C1CCCC1. The maximum absolute atomic E-state index is 8.73. The van der Waals surface area contributed by atoms with Crippen molar-refractivity contribution in [2.75, 3.05) is 0 Å². The summed E-state index contributed by atoms with van der Waals surface area (Å²) in [5.74, 6) is 0.557. The van der Waals surface area contributed by atoms with E-state index >= 15 is 0 Å². The van der Waals surface area contributed by atoms with Gasteiger partial charge in [-0.2, -0.15) is 5.26 Å². The summed E-state index contributed by atoms with van der Waals surface area (Å²) in [6.45, 7) is 0. The van der Waals surface area contributed by atoms with Gasteiger partial charge in [-0.25, -0.2) is 4.98 Å². The largest absolute Gasteiger partial charge is 0.320 e. The van der Waals surface area contributed by atoms with Crippen LogP contribution in [0.25, 0.3) is 0 Å². The summed E-state index contributed by atoms with van der Waals surface area (Å²) < 4.78 is 2.01. The van der Waals surface area contributed by atoms with E-state index in [1.165, 1.54) is 25.7 Å². The van der Waals surface area contributed by atoms with Crippen molar-refractivity contribution in [2.45, 2.75) is 31.7 Å². The predicted octanol–water partition coefficient (Wildman–Crippen LogP) is 1.87. The molecule has 1 aromatic rings. The lowest BCUT2D eigenvalue weighted by Gasteiger charge is -2.10. The lowest BCUT2D eigenvalue weighted by Crippen LogP contribution is -2.05. The molecule has 3 nitrogen and oxygen atoms in total. The Morgan fingerprint density at radius 1 is 1.50 bits per heavy atom. The van der Waals surface area contributed by atoms with Gasteiger partial charge in [0.15, 0.2) is 0 Å². The highest BCUT2D eigenvalue weighted by Crippen LogP contribution is 2.29. The van der Waals surface area contributed by atoms with Crippen LogP contribution in [-0.4, -0.2) is 9.55 Å². The minimum absolute atomic E-state index is 0.530. The van der Waals surface area contributed by atoms with Crippen LogP contribution >= 0.6 is 0 Å². The van der Waals surface area contributed by atoms with Gasteiger partial charge in [-0.3, -0.25) is 0 Å². The highest BCUT2D eigenvalue weighted by Gasteiger charge is 2.18. The van der Waals surface area contributed by atoms with Crippen molar-refractivity contribution in [2.24, 2.45) is 0 Å². The van der Waals surface area contributed by atoms with Crippen LogP contribution in [0.4, 0.5) is 0 Å². The van der Waals surface area contributed by atoms with E-state index in [9.17, 15) is 0 Å². The minimum Gasteiger partial charge on any atom is -0.320 e. The third-order valence-electron chi connectivity index (χ3n) is 2.49. The molecule has 3 heteroatoms. The van der Waals surface area contributed by atoms with Crippen molar-refractivity contribution >= 4 is 0 Å². The van der Waals surface area contributed by atoms with E-state index in [1.54, 1.807) is 6.20 Å². The quantitative estimate of drug-likeness (QED) is 0.631. The zero-order valence-corrected chi connectivity index (χ0v) is 6.90. The number of hydrogen-bond donors (Lipinski definition) is 0. The zero-order chi connectivity index (χ0) is 8.39. The molecule has 2 rings (SSSR count). The van der Waals surface area contributed by atoms with Crippen molar-refractivity contribution in [3.05, 3.63) is 18.2 Å². The second kappa shape index (κ2) is 2.98. The van der Waals surface area contributed by atoms with E-state index in [2.05, 4.69) is 11.1 Å². The first-order valence-corrected chi connectivity index (χ1v) is 4.35. The molecule has 0 atom stereocenters. The molecule has 1 heterocycles. The van der Waals surface area contributed by atoms with Crippen LogP contribution in [-0.2, 0) is 0 Å². The molecule has 12 heavy (non-hydrogen) atoms. The summed E-state index contributed by atoms with van der Waals surface area (Å²) in [6, 6.07) is 2.63. The van der Waals surface area contributed by atoms with Gasteiger partial charge in [0.1, 0.15) is 6.07 Å². The topological polar surface area (TPSA) is 41.6 Å². The number of aromatic nitrogens is 2. The highest BCUT2D eigenvalue weighted by molar-refractivity contribution is 5.12. The Bertz CT molecular complexity index is 302. The van der Waals surface area contributed by atoms with Gasteiger partial charge in [0, 0.05) is 18.4 Å². The summed E-state index contributed by atoms with van der Waals surface area (Å²) in [4.78, 5) is 3.98. The zero-order valence-electron chi connectivity index (χ0n) is 6.90. The smallest absolute Gasteiger partial charge is 0.212 e. The Kier molecular flexibility index (Phi) is 1.83. The second-order valence-electron chi connectivity index (χ2n) is 3.21. The molecule has 0 N–H and O–H groups in total. The van der Waals surface area contributed by atoms with E-state index in [0.29, 0.717) is 11.9 Å². The molecule has 0 spiro atoms. The fourth-order valence-electron chi connectivity index (χ4n) is 1.88. The van der Waals surface area contributed by atoms with Crippen LogP contribution in [0.15, 0.2) is 12.4 Å². The summed E-state index contributed by atoms with van der Waals surface area (Å²) >= 11 is 0. The van der Waals surface area contributed by atoms with E-state index in [4.69, 9.17) is 5.26 Å². The second-order valence-corrected chi connectivity index (χ2v) is 3.21. The number of nitriles is 1. The molecule has 0 aromatic carbocycles. The number of nitrogens with zero attached hydrogens (tertiary/aromatic N) is 3. The molecule has 1 fully saturated rings. The first-order chi connectivity index (χ1) is 5.92. The molecule has 0 amide bonds. The maximum atomic E-state index is 8.73. The summed E-state index contributed by atoms with van der Waals surface area (Å²) in [7, 11) is 0. The van der Waals surface area contributed by atoms with Crippen molar-refractivity contribution < 1.29 is 0 Å². The Morgan fingerprint density at radius 2 is 2.25 bits per heavy atom. The van der Waals surface area contributed by atoms with Gasteiger partial charge in [0.05, 0.1) is 0 Å². The van der Waals surface area contributed by atoms with E-state index < -0.39 is 0 Å². The van der Waals surface area contributed by atoms with Crippen LogP contribution in [0.2, 0.25) is 0 Å². The molecule has 0 bridgehead atoms. The molecule has 0 saturated heterocycles. The minimum atomic E-state index is 0.530. The molecular weight excluding hydrogens is 150 g/mol. The summed E-state index contributed by atoms with van der Waals surface area (Å²) in [6.07, 6.45) is 8.59. The molecule has 0 unspecified atom stereocenters. The Hall–Kier alpha value is -1.30. The average molecular weight is 161 g/mol. The molecule has 0 radical (unpaired) electrons. The first-order valence-electron chi connectivity index (χ1n) is 4.35. The fourth-order valence-corrected chi connectivity index (χ4v) is 1.88. The van der Waals surface area contributed by atoms with Crippen LogP contribution < -0.4 is 0 Å². The molecule has 1 saturated carbocycles. The maximum Gasteiger partial charge on any atom is 0.212 e. The fraction of sp³-hybridized carbons (Fsp3) is 0.556. The molecule has 62 valence electrons. The summed E-state index contributed by atoms with van der Waals surface area (Å²) in [5, 5.41) is 8.73. The predicted molar refractivity (Wildman–Crippen MR) is 44.4 cm³/mol. The van der Waals surface area contributed by atoms with E-state index in [-0.39, 0.29) is 0 Å². The van der Waals surface area contributed by atoms with Gasteiger partial charge < -0.3 is 4.57 Å². The molecule has 1 aliphatic rings. The van der Waals surface area contributed by atoms with Crippen molar-refractivity contribution in [1.82, 2.24) is 9.55 Å². The molecule has 1 aromatic heterocycles. The third kappa shape index (κ3) is 1.10. The lowest BCUT2D eigenvalue weighted by molar-refractivity contribution is 0.513. The van der Waals surface area contributed by atoms with Crippen LogP contribution in [0.3, 0.4) is 0 Å². The molecular formula is C9H11N3. The number of rotatable bonds is 1. The van der Waals surface area contributed by atoms with Gasteiger partial charge in [-0.05, 0) is 12.8 Å². The third-order valence-corrected chi connectivity index (χ3v) is 2.49. The average Bonchev–Trinajstić information content (AvgIpc) is 2.74. The van der Waals surface area contributed by atoms with Gasteiger partial charge in [-0.1, -0.05) is 12.8 Å².